The molecule has 1 aromatic rings. The van der Waals surface area contributed by atoms with Gasteiger partial charge in [-0.1, -0.05) is 0 Å². The van der Waals surface area contributed by atoms with Crippen molar-refractivity contribution in [3.05, 3.63) is 22.4 Å². The molecule has 0 aliphatic carbocycles. The zero-order valence-electron chi connectivity index (χ0n) is 7.30. The third-order valence-corrected chi connectivity index (χ3v) is 2.16. The number of anilines is 1. The Balaban J connectivity index is 3.17. The molecule has 3 N–H and O–H groups in total. The summed E-state index contributed by atoms with van der Waals surface area (Å²) in [6.45, 7) is 0. The van der Waals surface area contributed by atoms with E-state index >= 15 is 0 Å². The van der Waals surface area contributed by atoms with Crippen LogP contribution in [0, 0.1) is 5.82 Å². The van der Waals surface area contributed by atoms with Gasteiger partial charge in [0.1, 0.15) is 5.82 Å². The molecule has 0 amide bonds. The van der Waals surface area contributed by atoms with Gasteiger partial charge in [-0.3, -0.25) is 0 Å². The van der Waals surface area contributed by atoms with Gasteiger partial charge in [0.15, 0.2) is 10.9 Å². The Bertz CT molecular complexity index is 373. The first-order valence-corrected chi connectivity index (χ1v) is 4.84. The largest absolute Gasteiger partial charge is 0.493 e. The molecule has 0 heterocycles. The van der Waals surface area contributed by atoms with E-state index in [1.54, 1.807) is 0 Å². The van der Waals surface area contributed by atoms with Crippen LogP contribution in [0.3, 0.4) is 0 Å². The second kappa shape index (κ2) is 4.56. The Kier molecular flexibility index (Phi) is 3.65. The van der Waals surface area contributed by atoms with Crippen LogP contribution < -0.4 is 15.8 Å². The summed E-state index contributed by atoms with van der Waals surface area (Å²) in [6.07, 6.45) is 0. The van der Waals surface area contributed by atoms with Gasteiger partial charge in [-0.05, 0) is 34.2 Å². The van der Waals surface area contributed by atoms with E-state index in [9.17, 15) is 4.39 Å². The quantitative estimate of drug-likeness (QED) is 0.815. The van der Waals surface area contributed by atoms with Crippen molar-refractivity contribution in [2.24, 2.45) is 5.73 Å². The topological polar surface area (TPSA) is 47.3 Å². The zero-order valence-corrected chi connectivity index (χ0v) is 9.71. The Morgan fingerprint density at radius 2 is 2.29 bits per heavy atom. The standard InChI is InChI=1S/C8H8BrFN2OS/c1-13-7-5(9)2-4(10)3-6(7)12-8(11)14/h2-3H,1H3,(H3,11,12,14). The smallest absolute Gasteiger partial charge is 0.168 e. The van der Waals surface area contributed by atoms with Crippen LogP contribution in [0.2, 0.25) is 0 Å². The van der Waals surface area contributed by atoms with Crippen LogP contribution in [0.25, 0.3) is 0 Å². The van der Waals surface area contributed by atoms with Crippen molar-refractivity contribution in [1.29, 1.82) is 0 Å². The van der Waals surface area contributed by atoms with Crippen molar-refractivity contribution in [3.63, 3.8) is 0 Å². The van der Waals surface area contributed by atoms with Gasteiger partial charge in [0.25, 0.3) is 0 Å². The first-order chi connectivity index (χ1) is 6.54. The number of nitrogens with one attached hydrogen (secondary N) is 1. The third kappa shape index (κ3) is 2.55. The van der Waals surface area contributed by atoms with Crippen LogP contribution in [0.1, 0.15) is 0 Å². The fourth-order valence-electron chi connectivity index (χ4n) is 0.993. The van der Waals surface area contributed by atoms with E-state index in [-0.39, 0.29) is 5.11 Å². The van der Waals surface area contributed by atoms with Crippen molar-refractivity contribution in [2.75, 3.05) is 12.4 Å². The van der Waals surface area contributed by atoms with Crippen molar-refractivity contribution in [3.8, 4) is 5.75 Å². The highest BCUT2D eigenvalue weighted by Gasteiger charge is 2.10. The van der Waals surface area contributed by atoms with Crippen molar-refractivity contribution < 1.29 is 9.13 Å². The van der Waals surface area contributed by atoms with Gasteiger partial charge in [-0.15, -0.1) is 0 Å². The van der Waals surface area contributed by atoms with Crippen LogP contribution in [-0.4, -0.2) is 12.2 Å². The Morgan fingerprint density at radius 1 is 1.64 bits per heavy atom. The number of ether oxygens (including phenoxy) is 1. The van der Waals surface area contributed by atoms with E-state index in [1.807, 2.05) is 0 Å². The molecule has 0 spiro atoms. The average Bonchev–Trinajstić information content (AvgIpc) is 2.01. The van der Waals surface area contributed by atoms with E-state index in [0.717, 1.165) is 0 Å². The number of hydrogen-bond donors (Lipinski definition) is 2. The van der Waals surface area contributed by atoms with Gasteiger partial charge in [-0.2, -0.15) is 0 Å². The number of methoxy groups -OCH3 is 1. The molecule has 0 fully saturated rings. The van der Waals surface area contributed by atoms with E-state index in [0.29, 0.717) is 15.9 Å². The highest BCUT2D eigenvalue weighted by molar-refractivity contribution is 9.10. The van der Waals surface area contributed by atoms with Gasteiger partial charge in [0, 0.05) is 6.07 Å². The monoisotopic (exact) mass is 278 g/mol. The molecule has 14 heavy (non-hydrogen) atoms. The SMILES string of the molecule is COc1c(Br)cc(F)cc1NC(N)=S. The summed E-state index contributed by atoms with van der Waals surface area (Å²) in [6, 6.07) is 2.55. The minimum absolute atomic E-state index is 0.0563. The fraction of sp³-hybridized carbons (Fsp3) is 0.125. The van der Waals surface area contributed by atoms with E-state index in [4.69, 9.17) is 10.5 Å². The molecule has 6 heteroatoms. The first-order valence-electron chi connectivity index (χ1n) is 3.64. The molecule has 3 nitrogen and oxygen atoms in total. The molecule has 0 saturated heterocycles. The molecule has 0 saturated carbocycles. The highest BCUT2D eigenvalue weighted by Crippen LogP contribution is 2.33. The lowest BCUT2D eigenvalue weighted by molar-refractivity contribution is 0.413. The molecule has 0 aliphatic heterocycles. The van der Waals surface area contributed by atoms with Crippen LogP contribution in [0.5, 0.6) is 5.75 Å². The van der Waals surface area contributed by atoms with Gasteiger partial charge in [0.2, 0.25) is 0 Å². The van der Waals surface area contributed by atoms with Gasteiger partial charge < -0.3 is 15.8 Å². The van der Waals surface area contributed by atoms with Gasteiger partial charge >= 0.3 is 0 Å². The summed E-state index contributed by atoms with van der Waals surface area (Å²) in [5.41, 5.74) is 5.67. The lowest BCUT2D eigenvalue weighted by Gasteiger charge is -2.11. The summed E-state index contributed by atoms with van der Waals surface area (Å²) in [7, 11) is 1.47. The number of rotatable bonds is 2. The normalized spacial score (nSPS) is 9.64. The highest BCUT2D eigenvalue weighted by atomic mass is 79.9. The molecule has 1 aromatic carbocycles. The molecule has 0 radical (unpaired) electrons. The maximum absolute atomic E-state index is 13.0. The lowest BCUT2D eigenvalue weighted by Crippen LogP contribution is -2.19. The maximum atomic E-state index is 13.0. The summed E-state index contributed by atoms with van der Waals surface area (Å²) in [5.74, 6) is 0.0515. The number of thiocarbonyl (C=S) groups is 1. The molecule has 76 valence electrons. The van der Waals surface area contributed by atoms with E-state index in [1.165, 1.54) is 19.2 Å². The second-order valence-corrected chi connectivity index (χ2v) is 3.75. The minimum atomic E-state index is -0.406. The maximum Gasteiger partial charge on any atom is 0.168 e. The average molecular weight is 279 g/mol. The molecule has 0 bridgehead atoms. The molecule has 0 atom stereocenters. The third-order valence-electron chi connectivity index (χ3n) is 1.47. The number of nitrogens with two attached hydrogens (primary N) is 1. The predicted octanol–water partition coefficient (Wildman–Crippen LogP) is 2.25. The molecule has 0 unspecified atom stereocenters. The summed E-state index contributed by atoms with van der Waals surface area (Å²) in [4.78, 5) is 0. The number of benzene rings is 1. The van der Waals surface area contributed by atoms with Crippen molar-refractivity contribution in [1.82, 2.24) is 0 Å². The summed E-state index contributed by atoms with van der Waals surface area (Å²) < 4.78 is 18.5. The zero-order chi connectivity index (χ0) is 10.7. The predicted molar refractivity (Wildman–Crippen MR) is 61.1 cm³/mol. The Morgan fingerprint density at radius 3 is 2.79 bits per heavy atom. The summed E-state index contributed by atoms with van der Waals surface area (Å²) >= 11 is 7.80. The molecule has 0 aromatic heterocycles. The Hall–Kier alpha value is -0.880. The minimum Gasteiger partial charge on any atom is -0.493 e. The molecule has 1 rings (SSSR count). The summed E-state index contributed by atoms with van der Waals surface area (Å²) in [5, 5.41) is 2.68. The van der Waals surface area contributed by atoms with Crippen LogP contribution in [0.4, 0.5) is 10.1 Å². The van der Waals surface area contributed by atoms with Gasteiger partial charge in [-0.25, -0.2) is 4.39 Å². The van der Waals surface area contributed by atoms with Crippen LogP contribution in [0.15, 0.2) is 16.6 Å². The lowest BCUT2D eigenvalue weighted by atomic mass is 10.3. The second-order valence-electron chi connectivity index (χ2n) is 2.46. The first kappa shape index (κ1) is 11.2. The Labute approximate surface area is 94.6 Å². The van der Waals surface area contributed by atoms with Crippen LogP contribution >= 0.6 is 28.1 Å². The fourth-order valence-corrected chi connectivity index (χ4v) is 1.70. The molecular weight excluding hydrogens is 271 g/mol. The van der Waals surface area contributed by atoms with Gasteiger partial charge in [0.05, 0.1) is 17.3 Å². The number of hydrogen-bond acceptors (Lipinski definition) is 2. The van der Waals surface area contributed by atoms with Crippen LogP contribution in [-0.2, 0) is 0 Å². The molecule has 0 aliphatic rings. The van der Waals surface area contributed by atoms with Crippen molar-refractivity contribution in [2.45, 2.75) is 0 Å². The van der Waals surface area contributed by atoms with E-state index < -0.39 is 5.82 Å². The molecular formula is C8H8BrFN2OS. The van der Waals surface area contributed by atoms with Crippen molar-refractivity contribution >= 4 is 38.9 Å². The number of halogens is 2. The van der Waals surface area contributed by atoms with E-state index in [2.05, 4.69) is 33.5 Å².